The van der Waals surface area contributed by atoms with E-state index in [1.165, 1.54) is 0 Å². The molecule has 1 aromatic carbocycles. The zero-order valence-electron chi connectivity index (χ0n) is 12.1. The molecule has 1 aromatic rings. The van der Waals surface area contributed by atoms with Gasteiger partial charge in [0.05, 0.1) is 5.56 Å². The van der Waals surface area contributed by atoms with E-state index in [0.717, 1.165) is 24.3 Å². The van der Waals surface area contributed by atoms with Crippen molar-refractivity contribution in [3.05, 3.63) is 29.8 Å². The van der Waals surface area contributed by atoms with Gasteiger partial charge in [-0.1, -0.05) is 13.8 Å². The summed E-state index contributed by atoms with van der Waals surface area (Å²) >= 11 is 0. The van der Waals surface area contributed by atoms with Gasteiger partial charge in [-0.25, -0.2) is 9.59 Å². The van der Waals surface area contributed by atoms with Crippen LogP contribution in [0.4, 0.5) is 23.7 Å². The van der Waals surface area contributed by atoms with Crippen LogP contribution in [0.15, 0.2) is 24.3 Å². The number of hydrogen-bond acceptors (Lipinski definition) is 2. The predicted octanol–water partition coefficient (Wildman–Crippen LogP) is 3.33. The van der Waals surface area contributed by atoms with Gasteiger partial charge in [0.15, 0.2) is 0 Å². The zero-order valence-corrected chi connectivity index (χ0v) is 12.1. The first kappa shape index (κ1) is 17.8. The molecule has 0 radical (unpaired) electrons. The summed E-state index contributed by atoms with van der Waals surface area (Å²) in [6, 6.07) is 2.01. The van der Waals surface area contributed by atoms with Crippen LogP contribution in [0.3, 0.4) is 0 Å². The summed E-state index contributed by atoms with van der Waals surface area (Å²) in [5, 5.41) is 13.6. The van der Waals surface area contributed by atoms with Crippen molar-refractivity contribution in [1.82, 2.24) is 5.32 Å². The average Bonchev–Trinajstić information content (AvgIpc) is 2.36. The monoisotopic (exact) mass is 318 g/mol. The number of carbonyl (C=O) groups is 2. The Balaban J connectivity index is 2.66. The summed E-state index contributed by atoms with van der Waals surface area (Å²) in [7, 11) is 0. The first-order valence-electron chi connectivity index (χ1n) is 6.57. The fourth-order valence-electron chi connectivity index (χ4n) is 1.76. The van der Waals surface area contributed by atoms with E-state index in [-0.39, 0.29) is 18.0 Å². The van der Waals surface area contributed by atoms with Crippen LogP contribution in [0.2, 0.25) is 0 Å². The molecule has 3 N–H and O–H groups in total. The molecule has 0 saturated heterocycles. The first-order valence-corrected chi connectivity index (χ1v) is 6.57. The summed E-state index contributed by atoms with van der Waals surface area (Å²) in [4.78, 5) is 22.7. The van der Waals surface area contributed by atoms with Crippen molar-refractivity contribution < 1.29 is 27.9 Å². The van der Waals surface area contributed by atoms with Crippen molar-refractivity contribution in [1.29, 1.82) is 0 Å². The number of nitrogens with one attached hydrogen (secondary N) is 2. The Morgan fingerprint density at radius 3 is 2.14 bits per heavy atom. The number of carboxylic acid groups (broad SMARTS) is 1. The summed E-state index contributed by atoms with van der Waals surface area (Å²) in [6.07, 6.45) is -4.21. The van der Waals surface area contributed by atoms with Crippen LogP contribution in [-0.4, -0.2) is 23.1 Å². The summed E-state index contributed by atoms with van der Waals surface area (Å²) < 4.78 is 37.2. The molecule has 0 bridgehead atoms. The van der Waals surface area contributed by atoms with Gasteiger partial charge in [0.25, 0.3) is 0 Å². The largest absolute Gasteiger partial charge is 0.480 e. The third-order valence-corrected chi connectivity index (χ3v) is 2.78. The van der Waals surface area contributed by atoms with Gasteiger partial charge in [-0.2, -0.15) is 13.2 Å². The first-order chi connectivity index (χ1) is 10.1. The second kappa shape index (κ2) is 7.15. The highest BCUT2D eigenvalue weighted by atomic mass is 19.4. The van der Waals surface area contributed by atoms with Crippen LogP contribution in [0.1, 0.15) is 25.8 Å². The van der Waals surface area contributed by atoms with Gasteiger partial charge in [-0.15, -0.1) is 0 Å². The lowest BCUT2D eigenvalue weighted by Gasteiger charge is -2.17. The molecule has 1 atom stereocenters. The zero-order chi connectivity index (χ0) is 16.9. The number of halogens is 3. The van der Waals surface area contributed by atoms with Crippen molar-refractivity contribution in [3.63, 3.8) is 0 Å². The number of amides is 2. The number of rotatable bonds is 5. The maximum Gasteiger partial charge on any atom is 0.416 e. The van der Waals surface area contributed by atoms with Crippen LogP contribution < -0.4 is 10.6 Å². The molecular formula is C14H17F3N2O3. The van der Waals surface area contributed by atoms with E-state index in [4.69, 9.17) is 5.11 Å². The summed E-state index contributed by atoms with van der Waals surface area (Å²) in [5.41, 5.74) is -0.694. The van der Waals surface area contributed by atoms with E-state index in [1.54, 1.807) is 0 Å². The molecule has 1 rings (SSSR count). The Hall–Kier alpha value is -2.25. The summed E-state index contributed by atoms with van der Waals surface area (Å²) in [5.74, 6) is -1.11. The Kier molecular flexibility index (Phi) is 5.78. The van der Waals surface area contributed by atoms with Crippen molar-refractivity contribution in [2.45, 2.75) is 32.5 Å². The Labute approximate surface area is 125 Å². The van der Waals surface area contributed by atoms with Crippen LogP contribution in [0, 0.1) is 5.92 Å². The molecular weight excluding hydrogens is 301 g/mol. The fraction of sp³-hybridized carbons (Fsp3) is 0.429. The molecule has 0 spiro atoms. The number of aliphatic carboxylic acids is 1. The van der Waals surface area contributed by atoms with Gasteiger partial charge < -0.3 is 15.7 Å². The van der Waals surface area contributed by atoms with E-state index in [9.17, 15) is 22.8 Å². The predicted molar refractivity (Wildman–Crippen MR) is 74.5 cm³/mol. The number of anilines is 1. The van der Waals surface area contributed by atoms with Gasteiger partial charge in [-0.3, -0.25) is 0 Å². The highest BCUT2D eigenvalue weighted by molar-refractivity contribution is 5.92. The van der Waals surface area contributed by atoms with Gasteiger partial charge in [0, 0.05) is 5.69 Å². The minimum atomic E-state index is -4.45. The van der Waals surface area contributed by atoms with Crippen molar-refractivity contribution in [2.75, 3.05) is 5.32 Å². The molecule has 2 amide bonds. The van der Waals surface area contributed by atoms with E-state index < -0.39 is 29.8 Å². The molecule has 0 aromatic heterocycles. The number of carboxylic acids is 1. The number of benzene rings is 1. The molecule has 5 nitrogen and oxygen atoms in total. The molecule has 0 heterocycles. The third-order valence-electron chi connectivity index (χ3n) is 2.78. The lowest BCUT2D eigenvalue weighted by Crippen LogP contribution is -2.43. The molecule has 8 heteroatoms. The highest BCUT2D eigenvalue weighted by Crippen LogP contribution is 2.29. The minimum Gasteiger partial charge on any atom is -0.480 e. The Bertz CT molecular complexity index is 527. The Morgan fingerprint density at radius 1 is 1.18 bits per heavy atom. The topological polar surface area (TPSA) is 78.4 Å². The molecule has 0 fully saturated rings. The average molecular weight is 318 g/mol. The second-order valence-corrected chi connectivity index (χ2v) is 5.19. The molecule has 1 unspecified atom stereocenters. The van der Waals surface area contributed by atoms with E-state index in [0.29, 0.717) is 0 Å². The van der Waals surface area contributed by atoms with E-state index in [1.807, 2.05) is 13.8 Å². The van der Waals surface area contributed by atoms with Gasteiger partial charge >= 0.3 is 18.2 Å². The minimum absolute atomic E-state index is 0.0625. The van der Waals surface area contributed by atoms with Crippen LogP contribution in [0.5, 0.6) is 0 Å². The van der Waals surface area contributed by atoms with E-state index in [2.05, 4.69) is 10.6 Å². The molecule has 0 saturated carbocycles. The van der Waals surface area contributed by atoms with Crippen LogP contribution in [-0.2, 0) is 11.0 Å². The number of urea groups is 1. The molecule has 0 aliphatic carbocycles. The molecule has 0 aliphatic heterocycles. The highest BCUT2D eigenvalue weighted by Gasteiger charge is 2.30. The van der Waals surface area contributed by atoms with Gasteiger partial charge in [0.1, 0.15) is 6.04 Å². The SMILES string of the molecule is CC(C)CC(NC(=O)Nc1ccc(C(F)(F)F)cc1)C(=O)O. The second-order valence-electron chi connectivity index (χ2n) is 5.19. The number of carbonyl (C=O) groups excluding carboxylic acids is 1. The summed E-state index contributed by atoms with van der Waals surface area (Å²) in [6.45, 7) is 3.62. The van der Waals surface area contributed by atoms with Crippen molar-refractivity contribution in [3.8, 4) is 0 Å². The molecule has 122 valence electrons. The third kappa shape index (κ3) is 5.63. The van der Waals surface area contributed by atoms with Crippen LogP contribution >= 0.6 is 0 Å². The lowest BCUT2D eigenvalue weighted by atomic mass is 10.0. The quantitative estimate of drug-likeness (QED) is 0.779. The molecule has 22 heavy (non-hydrogen) atoms. The number of hydrogen-bond donors (Lipinski definition) is 3. The standard InChI is InChI=1S/C14H17F3N2O3/c1-8(2)7-11(12(20)21)19-13(22)18-10-5-3-9(4-6-10)14(15,16)17/h3-6,8,11H,7H2,1-2H3,(H,20,21)(H2,18,19,22). The van der Waals surface area contributed by atoms with Gasteiger partial charge in [0.2, 0.25) is 0 Å². The number of alkyl halides is 3. The normalized spacial score (nSPS) is 12.8. The lowest BCUT2D eigenvalue weighted by molar-refractivity contribution is -0.139. The van der Waals surface area contributed by atoms with Crippen LogP contribution in [0.25, 0.3) is 0 Å². The fourth-order valence-corrected chi connectivity index (χ4v) is 1.76. The van der Waals surface area contributed by atoms with Crippen molar-refractivity contribution >= 4 is 17.7 Å². The van der Waals surface area contributed by atoms with Gasteiger partial charge in [-0.05, 0) is 36.6 Å². The van der Waals surface area contributed by atoms with E-state index >= 15 is 0 Å². The maximum atomic E-state index is 12.4. The van der Waals surface area contributed by atoms with Crippen molar-refractivity contribution in [2.24, 2.45) is 5.92 Å². The molecule has 0 aliphatic rings. The smallest absolute Gasteiger partial charge is 0.416 e. The maximum absolute atomic E-state index is 12.4. The Morgan fingerprint density at radius 2 is 1.73 bits per heavy atom.